The van der Waals surface area contributed by atoms with Crippen molar-refractivity contribution in [3.63, 3.8) is 0 Å². The van der Waals surface area contributed by atoms with Gasteiger partial charge in [-0.3, -0.25) is 10.1 Å². The van der Waals surface area contributed by atoms with E-state index in [2.05, 4.69) is 15.4 Å². The average Bonchev–Trinajstić information content (AvgIpc) is 3.42. The minimum atomic E-state index is -3.68. The number of carbonyl (C=O) groups excluding carboxylic acids is 1. The van der Waals surface area contributed by atoms with Gasteiger partial charge in [0.1, 0.15) is 11.1 Å². The van der Waals surface area contributed by atoms with Crippen molar-refractivity contribution in [2.75, 3.05) is 11.9 Å². The molecule has 0 saturated heterocycles. The molecule has 4 aromatic rings. The molecule has 1 amide bonds. The van der Waals surface area contributed by atoms with Crippen molar-refractivity contribution in [2.45, 2.75) is 57.0 Å². The number of fused-ring (bicyclic) bond motifs is 3. The molecule has 0 atom stereocenters. The molecule has 0 saturated carbocycles. The van der Waals surface area contributed by atoms with Crippen molar-refractivity contribution in [2.24, 2.45) is 7.05 Å². The van der Waals surface area contributed by atoms with Gasteiger partial charge in [0.15, 0.2) is 4.21 Å². The van der Waals surface area contributed by atoms with E-state index in [0.717, 1.165) is 33.5 Å². The van der Waals surface area contributed by atoms with Gasteiger partial charge in [-0.15, -0.1) is 11.3 Å². The van der Waals surface area contributed by atoms with Crippen LogP contribution in [0.3, 0.4) is 0 Å². The molecule has 0 fully saturated rings. The maximum Gasteiger partial charge on any atom is 0.412 e. The van der Waals surface area contributed by atoms with Crippen LogP contribution in [0, 0.1) is 6.92 Å². The van der Waals surface area contributed by atoms with Gasteiger partial charge in [-0.25, -0.2) is 22.9 Å². The minimum absolute atomic E-state index is 0.164. The number of hydrogen-bond acceptors (Lipinski definition) is 8. The third kappa shape index (κ3) is 5.34. The molecule has 0 spiro atoms. The second-order valence-electron chi connectivity index (χ2n) is 10.5. The second-order valence-corrected chi connectivity index (χ2v) is 13.9. The summed E-state index contributed by atoms with van der Waals surface area (Å²) in [4.78, 5) is 29.8. The van der Waals surface area contributed by atoms with Crippen LogP contribution in [0.5, 0.6) is 0 Å². The molecule has 0 radical (unpaired) electrons. The fourth-order valence-corrected chi connectivity index (χ4v) is 7.39. The Bertz CT molecular complexity index is 1750. The van der Waals surface area contributed by atoms with Gasteiger partial charge >= 0.3 is 6.09 Å². The van der Waals surface area contributed by atoms with Gasteiger partial charge in [-0.1, -0.05) is 12.1 Å². The molecular weight excluding hydrogens is 540 g/mol. The highest BCUT2D eigenvalue weighted by Crippen LogP contribution is 2.32. The zero-order chi connectivity index (χ0) is 28.1. The molecule has 11 nitrogen and oxygen atoms in total. The van der Waals surface area contributed by atoms with E-state index in [1.54, 1.807) is 63.7 Å². The van der Waals surface area contributed by atoms with E-state index < -0.39 is 21.7 Å². The summed E-state index contributed by atoms with van der Waals surface area (Å²) in [5.74, 6) is 0. The minimum Gasteiger partial charge on any atom is -0.444 e. The van der Waals surface area contributed by atoms with Crippen LogP contribution in [0.15, 0.2) is 45.7 Å². The smallest absolute Gasteiger partial charge is 0.412 e. The molecule has 3 aromatic heterocycles. The normalized spacial score (nSPS) is 14.4. The quantitative estimate of drug-likeness (QED) is 0.388. The van der Waals surface area contributed by atoms with Crippen molar-refractivity contribution in [1.82, 2.24) is 23.6 Å². The molecule has 0 bridgehead atoms. The van der Waals surface area contributed by atoms with Gasteiger partial charge in [-0.2, -0.15) is 9.40 Å². The molecule has 1 aromatic carbocycles. The number of aryl methyl sites for hydroxylation is 2. The van der Waals surface area contributed by atoms with E-state index in [0.29, 0.717) is 29.2 Å². The number of nitrogens with zero attached hydrogens (tertiary/aromatic N) is 5. The molecule has 1 aliphatic heterocycles. The predicted octanol–water partition coefficient (Wildman–Crippen LogP) is 3.64. The van der Waals surface area contributed by atoms with Crippen LogP contribution >= 0.6 is 11.3 Å². The van der Waals surface area contributed by atoms with Crippen LogP contribution in [-0.2, 0) is 41.3 Å². The molecule has 13 heteroatoms. The fourth-order valence-electron chi connectivity index (χ4n) is 4.73. The lowest BCUT2D eigenvalue weighted by Gasteiger charge is -2.26. The SMILES string of the molecule is Cc1ncc(S(=O)(=O)N2CCc3c(n(C)c4c(=O)n(Cc5cccc(NC(=O)OC(C)(C)C)c5)ncc34)C2)s1. The number of rotatable bonds is 5. The Hall–Kier alpha value is -3.55. The van der Waals surface area contributed by atoms with Crippen LogP contribution < -0.4 is 10.9 Å². The zero-order valence-corrected chi connectivity index (χ0v) is 24.0. The number of nitrogens with one attached hydrogen (secondary N) is 1. The summed E-state index contributed by atoms with van der Waals surface area (Å²) < 4.78 is 36.5. The van der Waals surface area contributed by atoms with E-state index >= 15 is 0 Å². The summed E-state index contributed by atoms with van der Waals surface area (Å²) in [5.41, 5.74) is 2.62. The lowest BCUT2D eigenvalue weighted by Crippen LogP contribution is -2.36. The lowest BCUT2D eigenvalue weighted by molar-refractivity contribution is 0.0636. The number of carbonyl (C=O) groups is 1. The molecular formula is C26H30N6O5S2. The first-order valence-corrected chi connectivity index (χ1v) is 14.7. The van der Waals surface area contributed by atoms with Gasteiger partial charge in [0.25, 0.3) is 15.6 Å². The first kappa shape index (κ1) is 27.0. The first-order chi connectivity index (χ1) is 18.3. The number of benzene rings is 1. The van der Waals surface area contributed by atoms with Crippen LogP contribution in [0.2, 0.25) is 0 Å². The Morgan fingerprint density at radius 3 is 2.69 bits per heavy atom. The Kier molecular flexibility index (Phi) is 6.85. The Morgan fingerprint density at radius 1 is 1.23 bits per heavy atom. The topological polar surface area (TPSA) is 128 Å². The van der Waals surface area contributed by atoms with Crippen molar-refractivity contribution in [3.05, 3.63) is 68.8 Å². The number of aromatic nitrogens is 4. The lowest BCUT2D eigenvalue weighted by atomic mass is 10.1. The highest BCUT2D eigenvalue weighted by Gasteiger charge is 2.33. The first-order valence-electron chi connectivity index (χ1n) is 12.4. The van der Waals surface area contributed by atoms with Gasteiger partial charge in [0, 0.05) is 30.4 Å². The number of thiazole rings is 1. The predicted molar refractivity (Wildman–Crippen MR) is 149 cm³/mol. The Balaban J connectivity index is 1.42. The van der Waals surface area contributed by atoms with E-state index in [4.69, 9.17) is 4.74 Å². The molecule has 39 heavy (non-hydrogen) atoms. The second kappa shape index (κ2) is 9.88. The Labute approximate surface area is 230 Å². The fraction of sp³-hybridized carbons (Fsp3) is 0.385. The number of amides is 1. The van der Waals surface area contributed by atoms with Crippen molar-refractivity contribution in [3.8, 4) is 0 Å². The van der Waals surface area contributed by atoms with Gasteiger partial charge in [0.2, 0.25) is 0 Å². The summed E-state index contributed by atoms with van der Waals surface area (Å²) in [6.45, 7) is 7.81. The number of anilines is 1. The highest BCUT2D eigenvalue weighted by molar-refractivity contribution is 7.91. The number of hydrogen-bond donors (Lipinski definition) is 1. The van der Waals surface area contributed by atoms with E-state index in [1.165, 1.54) is 15.2 Å². The summed E-state index contributed by atoms with van der Waals surface area (Å²) >= 11 is 1.15. The molecule has 0 unspecified atom stereocenters. The van der Waals surface area contributed by atoms with E-state index in [-0.39, 0.29) is 22.9 Å². The van der Waals surface area contributed by atoms with Crippen LogP contribution in [0.4, 0.5) is 10.5 Å². The molecule has 206 valence electrons. The van der Waals surface area contributed by atoms with Crippen molar-refractivity contribution < 1.29 is 17.9 Å². The zero-order valence-electron chi connectivity index (χ0n) is 22.4. The summed E-state index contributed by atoms with van der Waals surface area (Å²) in [5, 5.41) is 8.56. The van der Waals surface area contributed by atoms with Gasteiger partial charge in [-0.05, 0) is 57.4 Å². The summed E-state index contributed by atoms with van der Waals surface area (Å²) in [6, 6.07) is 7.14. The molecule has 1 aliphatic rings. The summed E-state index contributed by atoms with van der Waals surface area (Å²) in [6.07, 6.45) is 2.99. The van der Waals surface area contributed by atoms with Crippen molar-refractivity contribution >= 4 is 44.0 Å². The van der Waals surface area contributed by atoms with Gasteiger partial charge in [0.05, 0.1) is 30.5 Å². The largest absolute Gasteiger partial charge is 0.444 e. The molecule has 1 N–H and O–H groups in total. The van der Waals surface area contributed by atoms with E-state index in [1.807, 2.05) is 6.07 Å². The maximum absolute atomic E-state index is 13.5. The molecule has 0 aliphatic carbocycles. The van der Waals surface area contributed by atoms with Gasteiger partial charge < -0.3 is 9.30 Å². The molecule has 5 rings (SSSR count). The number of ether oxygens (including phenoxy) is 1. The van der Waals surface area contributed by atoms with E-state index in [9.17, 15) is 18.0 Å². The van der Waals surface area contributed by atoms with Crippen molar-refractivity contribution in [1.29, 1.82) is 0 Å². The summed E-state index contributed by atoms with van der Waals surface area (Å²) in [7, 11) is -1.90. The highest BCUT2D eigenvalue weighted by atomic mass is 32.2. The molecule has 4 heterocycles. The Morgan fingerprint density at radius 2 is 2.00 bits per heavy atom. The standard InChI is InChI=1S/C26H30N6O5S2/c1-16-27-13-22(38-16)39(35,36)31-10-9-19-20-12-28-32(24(33)23(20)30(5)21(19)15-31)14-17-7-6-8-18(11-17)29-25(34)37-26(2,3)4/h6-8,11-13H,9-10,14-15H2,1-5H3,(H,29,34). The monoisotopic (exact) mass is 570 g/mol. The maximum atomic E-state index is 13.5. The van der Waals surface area contributed by atoms with Crippen LogP contribution in [0.1, 0.15) is 42.6 Å². The average molecular weight is 571 g/mol. The third-order valence-electron chi connectivity index (χ3n) is 6.47. The number of sulfonamides is 1. The van der Waals surface area contributed by atoms with Crippen LogP contribution in [-0.4, -0.2) is 50.3 Å². The third-order valence-corrected chi connectivity index (χ3v) is 9.66. The van der Waals surface area contributed by atoms with Crippen LogP contribution in [0.25, 0.3) is 10.9 Å².